The number of carbonyl (C=O) groups excluding carboxylic acids is 2. The fourth-order valence-corrected chi connectivity index (χ4v) is 4.35. The van der Waals surface area contributed by atoms with Crippen molar-refractivity contribution in [2.24, 2.45) is 0 Å². The molecule has 21 heavy (non-hydrogen) atoms. The highest BCUT2D eigenvalue weighted by Gasteiger charge is 2.53. The van der Waals surface area contributed by atoms with Gasteiger partial charge in [0.2, 0.25) is 5.91 Å². The summed E-state index contributed by atoms with van der Waals surface area (Å²) in [6.45, 7) is 4.32. The monoisotopic (exact) mass is 305 g/mol. The van der Waals surface area contributed by atoms with Gasteiger partial charge < -0.3 is 9.64 Å². The Bertz CT molecular complexity index is 571. The van der Waals surface area contributed by atoms with E-state index in [0.717, 1.165) is 12.0 Å². The number of amides is 1. The molecule has 0 aromatic heterocycles. The quantitative estimate of drug-likeness (QED) is 0.805. The number of ether oxygens (including phenoxy) is 1. The third kappa shape index (κ3) is 2.67. The Balaban J connectivity index is 1.63. The number of thioether (sulfide) groups is 1. The summed E-state index contributed by atoms with van der Waals surface area (Å²) in [6, 6.07) is 7.47. The van der Waals surface area contributed by atoms with Gasteiger partial charge in [0.1, 0.15) is 12.6 Å². The standard InChI is InChI=1S/C16H19NO3S/c1-11-3-5-12(6-4-11)9-20-15(19)13-10-21-16(2)8-7-14(18)17(13)16/h3-6,13H,7-10H2,1-2H3/t13-,16-/m1/s1. The zero-order chi connectivity index (χ0) is 15.0. The van der Waals surface area contributed by atoms with Crippen LogP contribution < -0.4 is 0 Å². The molecule has 0 N–H and O–H groups in total. The first-order valence-corrected chi connectivity index (χ1v) is 8.16. The van der Waals surface area contributed by atoms with E-state index in [1.54, 1.807) is 16.7 Å². The normalized spacial score (nSPS) is 27.8. The van der Waals surface area contributed by atoms with Crippen LogP contribution in [0.25, 0.3) is 0 Å². The molecule has 0 bridgehead atoms. The molecule has 2 fully saturated rings. The van der Waals surface area contributed by atoms with E-state index in [2.05, 4.69) is 0 Å². The van der Waals surface area contributed by atoms with Crippen LogP contribution in [0.2, 0.25) is 0 Å². The Hall–Kier alpha value is -1.49. The lowest BCUT2D eigenvalue weighted by molar-refractivity contribution is -0.154. The molecule has 2 aliphatic rings. The lowest BCUT2D eigenvalue weighted by atomic mass is 10.2. The summed E-state index contributed by atoms with van der Waals surface area (Å²) in [4.78, 5) is 25.8. The van der Waals surface area contributed by atoms with Crippen LogP contribution in [0.4, 0.5) is 0 Å². The van der Waals surface area contributed by atoms with Crippen molar-refractivity contribution in [1.29, 1.82) is 0 Å². The van der Waals surface area contributed by atoms with Crippen molar-refractivity contribution in [3.05, 3.63) is 35.4 Å². The van der Waals surface area contributed by atoms with Crippen molar-refractivity contribution in [3.63, 3.8) is 0 Å². The molecule has 0 saturated carbocycles. The summed E-state index contributed by atoms with van der Waals surface area (Å²) < 4.78 is 5.41. The second-order valence-corrected chi connectivity index (χ2v) is 7.36. The molecule has 3 rings (SSSR count). The maximum absolute atomic E-state index is 12.3. The summed E-state index contributed by atoms with van der Waals surface area (Å²) in [6.07, 6.45) is 1.35. The topological polar surface area (TPSA) is 46.6 Å². The number of carbonyl (C=O) groups is 2. The predicted octanol–water partition coefficient (Wildman–Crippen LogP) is 2.49. The van der Waals surface area contributed by atoms with Gasteiger partial charge in [-0.1, -0.05) is 29.8 Å². The van der Waals surface area contributed by atoms with Crippen LogP contribution in [0.5, 0.6) is 0 Å². The average molecular weight is 305 g/mol. The number of hydrogen-bond acceptors (Lipinski definition) is 4. The number of benzene rings is 1. The first-order valence-electron chi connectivity index (χ1n) is 7.18. The van der Waals surface area contributed by atoms with E-state index in [-0.39, 0.29) is 23.4 Å². The van der Waals surface area contributed by atoms with Gasteiger partial charge in [0.25, 0.3) is 0 Å². The van der Waals surface area contributed by atoms with Gasteiger partial charge in [-0.05, 0) is 25.8 Å². The molecule has 1 aromatic rings. The summed E-state index contributed by atoms with van der Waals surface area (Å²) >= 11 is 1.68. The third-order valence-corrected chi connectivity index (χ3v) is 5.72. The van der Waals surface area contributed by atoms with E-state index < -0.39 is 6.04 Å². The highest BCUT2D eigenvalue weighted by molar-refractivity contribution is 8.01. The van der Waals surface area contributed by atoms with Crippen molar-refractivity contribution in [1.82, 2.24) is 4.90 Å². The fourth-order valence-electron chi connectivity index (χ4n) is 2.93. The van der Waals surface area contributed by atoms with Gasteiger partial charge >= 0.3 is 5.97 Å². The molecule has 112 valence electrons. The van der Waals surface area contributed by atoms with Crippen LogP contribution in [-0.4, -0.2) is 33.4 Å². The maximum atomic E-state index is 12.3. The Labute approximate surface area is 128 Å². The molecule has 2 aliphatic heterocycles. The van der Waals surface area contributed by atoms with Crippen molar-refractivity contribution in [3.8, 4) is 0 Å². The maximum Gasteiger partial charge on any atom is 0.330 e. The summed E-state index contributed by atoms with van der Waals surface area (Å²) in [7, 11) is 0. The van der Waals surface area contributed by atoms with Gasteiger partial charge in [-0.3, -0.25) is 4.79 Å². The minimum Gasteiger partial charge on any atom is -0.459 e. The lowest BCUT2D eigenvalue weighted by Crippen LogP contribution is -2.46. The van der Waals surface area contributed by atoms with E-state index in [1.165, 1.54) is 5.56 Å². The first kappa shape index (κ1) is 14.4. The highest BCUT2D eigenvalue weighted by atomic mass is 32.2. The zero-order valence-corrected chi connectivity index (χ0v) is 13.1. The molecule has 0 unspecified atom stereocenters. The van der Waals surface area contributed by atoms with Gasteiger partial charge in [0, 0.05) is 12.2 Å². The average Bonchev–Trinajstić information content (AvgIpc) is 2.95. The van der Waals surface area contributed by atoms with Crippen LogP contribution in [0.3, 0.4) is 0 Å². The molecule has 0 aliphatic carbocycles. The summed E-state index contributed by atoms with van der Waals surface area (Å²) in [5.74, 6) is 0.413. The molecular formula is C16H19NO3S. The van der Waals surface area contributed by atoms with Crippen LogP contribution in [0.1, 0.15) is 30.9 Å². The molecular weight excluding hydrogens is 286 g/mol. The molecule has 5 heteroatoms. The van der Waals surface area contributed by atoms with Crippen molar-refractivity contribution < 1.29 is 14.3 Å². The number of aryl methyl sites for hydroxylation is 1. The Kier molecular flexibility index (Phi) is 3.69. The minimum absolute atomic E-state index is 0.0692. The first-order chi connectivity index (χ1) is 9.99. The second-order valence-electron chi connectivity index (χ2n) is 5.86. The van der Waals surface area contributed by atoms with Crippen molar-refractivity contribution in [2.75, 3.05) is 5.75 Å². The second kappa shape index (κ2) is 5.37. The van der Waals surface area contributed by atoms with Crippen LogP contribution in [-0.2, 0) is 20.9 Å². The van der Waals surface area contributed by atoms with E-state index in [0.29, 0.717) is 12.2 Å². The minimum atomic E-state index is -0.430. The Morgan fingerprint density at radius 2 is 2.14 bits per heavy atom. The van der Waals surface area contributed by atoms with Gasteiger partial charge in [-0.2, -0.15) is 0 Å². The summed E-state index contributed by atoms with van der Waals surface area (Å²) in [5, 5.41) is 0. The number of hydrogen-bond donors (Lipinski definition) is 0. The number of nitrogens with zero attached hydrogens (tertiary/aromatic N) is 1. The molecule has 2 saturated heterocycles. The van der Waals surface area contributed by atoms with Crippen LogP contribution >= 0.6 is 11.8 Å². The van der Waals surface area contributed by atoms with Gasteiger partial charge in [-0.25, -0.2) is 4.79 Å². The lowest BCUT2D eigenvalue weighted by Gasteiger charge is -2.29. The Morgan fingerprint density at radius 1 is 1.43 bits per heavy atom. The molecule has 1 aromatic carbocycles. The van der Waals surface area contributed by atoms with Crippen molar-refractivity contribution >= 4 is 23.6 Å². The number of fused-ring (bicyclic) bond motifs is 1. The molecule has 0 radical (unpaired) electrons. The third-order valence-electron chi connectivity index (χ3n) is 4.22. The highest BCUT2D eigenvalue weighted by Crippen LogP contribution is 2.47. The van der Waals surface area contributed by atoms with Gasteiger partial charge in [0.05, 0.1) is 4.87 Å². The van der Waals surface area contributed by atoms with Gasteiger partial charge in [0.15, 0.2) is 0 Å². The Morgan fingerprint density at radius 3 is 2.86 bits per heavy atom. The smallest absolute Gasteiger partial charge is 0.330 e. The molecule has 2 atom stereocenters. The number of rotatable bonds is 3. The van der Waals surface area contributed by atoms with Gasteiger partial charge in [-0.15, -0.1) is 11.8 Å². The van der Waals surface area contributed by atoms with E-state index in [4.69, 9.17) is 4.74 Å². The SMILES string of the molecule is Cc1ccc(COC(=O)[C@H]2CS[C@]3(C)CCC(=O)N23)cc1. The predicted molar refractivity (Wildman–Crippen MR) is 81.7 cm³/mol. The van der Waals surface area contributed by atoms with Crippen LogP contribution in [0, 0.1) is 6.92 Å². The molecule has 1 amide bonds. The van der Waals surface area contributed by atoms with E-state index in [1.807, 2.05) is 38.1 Å². The van der Waals surface area contributed by atoms with E-state index >= 15 is 0 Å². The van der Waals surface area contributed by atoms with Crippen LogP contribution in [0.15, 0.2) is 24.3 Å². The largest absolute Gasteiger partial charge is 0.459 e. The fraction of sp³-hybridized carbons (Fsp3) is 0.500. The summed E-state index contributed by atoms with van der Waals surface area (Å²) in [5.41, 5.74) is 2.14. The van der Waals surface area contributed by atoms with E-state index in [9.17, 15) is 9.59 Å². The number of esters is 1. The molecule has 2 heterocycles. The zero-order valence-electron chi connectivity index (χ0n) is 12.3. The van der Waals surface area contributed by atoms with Crippen molar-refractivity contribution in [2.45, 2.75) is 44.2 Å². The molecule has 4 nitrogen and oxygen atoms in total. The molecule has 0 spiro atoms.